The molecule has 0 amide bonds. The van der Waals surface area contributed by atoms with E-state index in [4.69, 9.17) is 14.5 Å². The second-order valence-corrected chi connectivity index (χ2v) is 9.98. The molecule has 0 radical (unpaired) electrons. The summed E-state index contributed by atoms with van der Waals surface area (Å²) in [6.07, 6.45) is 5.32. The van der Waals surface area contributed by atoms with Crippen molar-refractivity contribution in [3.8, 4) is 23.0 Å². The van der Waals surface area contributed by atoms with Crippen molar-refractivity contribution in [2.24, 2.45) is 0 Å². The number of hydrogen-bond donors (Lipinski definition) is 2. The lowest BCUT2D eigenvalue weighted by Gasteiger charge is -2.26. The average molecular weight is 546 g/mol. The first kappa shape index (κ1) is 28.6. The van der Waals surface area contributed by atoms with Crippen LogP contribution in [0, 0.1) is 0 Å². The van der Waals surface area contributed by atoms with Gasteiger partial charge in [-0.25, -0.2) is 15.0 Å². The van der Waals surface area contributed by atoms with Crippen LogP contribution in [0.15, 0.2) is 49.3 Å². The van der Waals surface area contributed by atoms with Gasteiger partial charge in [-0.2, -0.15) is 4.98 Å². The molecular weight excluding hydrogens is 506 g/mol. The summed E-state index contributed by atoms with van der Waals surface area (Å²) in [4.78, 5) is 22.7. The summed E-state index contributed by atoms with van der Waals surface area (Å²) in [5.74, 6) is 1.12. The highest BCUT2D eigenvalue weighted by Crippen LogP contribution is 2.38. The first-order valence-electron chi connectivity index (χ1n) is 13.2. The van der Waals surface area contributed by atoms with Crippen LogP contribution in [-0.4, -0.2) is 84.4 Å². The van der Waals surface area contributed by atoms with Crippen LogP contribution in [-0.2, 0) is 0 Å². The van der Waals surface area contributed by atoms with Crippen molar-refractivity contribution in [3.05, 3.63) is 49.3 Å². The van der Waals surface area contributed by atoms with E-state index in [9.17, 15) is 0 Å². The van der Waals surface area contributed by atoms with Gasteiger partial charge in [0.25, 0.3) is 6.01 Å². The van der Waals surface area contributed by atoms with E-state index in [0.29, 0.717) is 29.9 Å². The molecule has 4 rings (SSSR count). The fraction of sp³-hybridized carbons (Fsp3) is 0.379. The van der Waals surface area contributed by atoms with Crippen molar-refractivity contribution in [2.45, 2.75) is 19.9 Å². The molecule has 0 unspecified atom stereocenters. The Labute approximate surface area is 235 Å². The van der Waals surface area contributed by atoms with Gasteiger partial charge in [-0.05, 0) is 46.1 Å². The number of likely N-dealkylation sites (N-methyl/N-ethyl adjacent to an activating group) is 2. The Bertz CT molecular complexity index is 1470. The second kappa shape index (κ2) is 12.6. The fourth-order valence-corrected chi connectivity index (χ4v) is 4.39. The van der Waals surface area contributed by atoms with Crippen molar-refractivity contribution >= 4 is 34.2 Å². The highest BCUT2D eigenvalue weighted by Gasteiger charge is 2.18. The van der Waals surface area contributed by atoms with Gasteiger partial charge in [0.1, 0.15) is 5.75 Å². The third kappa shape index (κ3) is 6.26. The molecule has 11 heteroatoms. The van der Waals surface area contributed by atoms with E-state index in [0.717, 1.165) is 46.9 Å². The molecular formula is C29H39N9O2. The molecule has 4 aromatic rings. The first-order chi connectivity index (χ1) is 19.2. The fourth-order valence-electron chi connectivity index (χ4n) is 4.39. The van der Waals surface area contributed by atoms with Gasteiger partial charge in [0.15, 0.2) is 5.65 Å². The van der Waals surface area contributed by atoms with Gasteiger partial charge in [0.05, 0.1) is 42.5 Å². The number of nitrogens with one attached hydrogen (secondary N) is 2. The Morgan fingerprint density at radius 1 is 1.02 bits per heavy atom. The largest absolute Gasteiger partial charge is 0.494 e. The molecule has 11 nitrogen and oxygen atoms in total. The van der Waals surface area contributed by atoms with E-state index in [1.54, 1.807) is 26.6 Å². The standard InChI is InChI=1S/C29H39N9O2/c1-9-11-30-22-16-23(26(39-7)17-24(22)37(6)14-13-36(4)5)34-28-31-12-10-21(33-28)20-15-25-27(32-18-20)35-29(40-8)38(25)19(2)3/h9-10,12,15-19,30H,1,11,13-14H2,2-8H3,(H,31,33,34). The van der Waals surface area contributed by atoms with Crippen LogP contribution in [0.25, 0.3) is 22.4 Å². The number of ether oxygens (including phenoxy) is 2. The minimum Gasteiger partial charge on any atom is -0.494 e. The Morgan fingerprint density at radius 3 is 2.50 bits per heavy atom. The maximum Gasteiger partial charge on any atom is 0.298 e. The molecule has 3 aromatic heterocycles. The number of aromatic nitrogens is 5. The summed E-state index contributed by atoms with van der Waals surface area (Å²) in [6, 6.07) is 8.61. The summed E-state index contributed by atoms with van der Waals surface area (Å²) in [5, 5.41) is 6.80. The van der Waals surface area contributed by atoms with Gasteiger partial charge in [-0.3, -0.25) is 4.57 Å². The van der Waals surface area contributed by atoms with E-state index in [-0.39, 0.29) is 6.04 Å². The summed E-state index contributed by atoms with van der Waals surface area (Å²) in [6.45, 7) is 10.4. The van der Waals surface area contributed by atoms with Gasteiger partial charge in [0, 0.05) is 56.7 Å². The maximum atomic E-state index is 5.77. The summed E-state index contributed by atoms with van der Waals surface area (Å²) in [7, 11) is 9.48. The van der Waals surface area contributed by atoms with Crippen LogP contribution in [0.5, 0.6) is 11.8 Å². The van der Waals surface area contributed by atoms with Gasteiger partial charge >= 0.3 is 0 Å². The molecule has 0 bridgehead atoms. The lowest BCUT2D eigenvalue weighted by molar-refractivity contribution is 0.350. The molecule has 0 aliphatic heterocycles. The van der Waals surface area contributed by atoms with E-state index in [1.807, 2.05) is 34.9 Å². The van der Waals surface area contributed by atoms with Crippen LogP contribution >= 0.6 is 0 Å². The molecule has 0 aliphatic rings. The summed E-state index contributed by atoms with van der Waals surface area (Å²) in [5.41, 5.74) is 5.80. The number of imidazole rings is 1. The predicted octanol–water partition coefficient (Wildman–Crippen LogP) is 4.83. The van der Waals surface area contributed by atoms with Crippen LogP contribution in [0.4, 0.5) is 23.0 Å². The molecule has 2 N–H and O–H groups in total. The zero-order valence-electron chi connectivity index (χ0n) is 24.4. The topological polar surface area (TPSA) is 105 Å². The van der Waals surface area contributed by atoms with E-state index in [2.05, 4.69) is 77.0 Å². The number of benzene rings is 1. The zero-order chi connectivity index (χ0) is 28.8. The summed E-state index contributed by atoms with van der Waals surface area (Å²) >= 11 is 0. The van der Waals surface area contributed by atoms with Gasteiger partial charge in [-0.1, -0.05) is 6.08 Å². The van der Waals surface area contributed by atoms with Crippen molar-refractivity contribution < 1.29 is 9.47 Å². The number of fused-ring (bicyclic) bond motifs is 1. The van der Waals surface area contributed by atoms with Crippen LogP contribution < -0.4 is 25.0 Å². The molecule has 40 heavy (non-hydrogen) atoms. The Morgan fingerprint density at radius 2 is 1.82 bits per heavy atom. The molecule has 0 aliphatic carbocycles. The number of anilines is 4. The van der Waals surface area contributed by atoms with Crippen molar-refractivity contribution in [2.75, 3.05) is 70.5 Å². The van der Waals surface area contributed by atoms with Crippen molar-refractivity contribution in [1.82, 2.24) is 29.4 Å². The molecule has 0 fully saturated rings. The smallest absolute Gasteiger partial charge is 0.298 e. The monoisotopic (exact) mass is 545 g/mol. The highest BCUT2D eigenvalue weighted by molar-refractivity contribution is 5.81. The Hall–Kier alpha value is -4.38. The lowest BCUT2D eigenvalue weighted by Crippen LogP contribution is -2.29. The minimum absolute atomic E-state index is 0.154. The second-order valence-electron chi connectivity index (χ2n) is 9.98. The Kier molecular flexibility index (Phi) is 9.05. The van der Waals surface area contributed by atoms with Crippen molar-refractivity contribution in [3.63, 3.8) is 0 Å². The van der Waals surface area contributed by atoms with Gasteiger partial charge in [-0.15, -0.1) is 6.58 Å². The predicted molar refractivity (Wildman–Crippen MR) is 162 cm³/mol. The van der Waals surface area contributed by atoms with Crippen LogP contribution in [0.3, 0.4) is 0 Å². The average Bonchev–Trinajstić information content (AvgIpc) is 3.33. The van der Waals surface area contributed by atoms with Crippen LogP contribution in [0.1, 0.15) is 19.9 Å². The molecule has 0 saturated carbocycles. The molecule has 0 atom stereocenters. The molecule has 0 spiro atoms. The number of rotatable bonds is 13. The van der Waals surface area contributed by atoms with Gasteiger partial charge in [0.2, 0.25) is 5.95 Å². The first-order valence-corrected chi connectivity index (χ1v) is 13.2. The number of methoxy groups -OCH3 is 2. The molecule has 1 aromatic carbocycles. The Balaban J connectivity index is 1.68. The van der Waals surface area contributed by atoms with Crippen LogP contribution in [0.2, 0.25) is 0 Å². The van der Waals surface area contributed by atoms with E-state index in [1.165, 1.54) is 0 Å². The molecule has 3 heterocycles. The molecule has 0 saturated heterocycles. The number of pyridine rings is 1. The third-order valence-corrected chi connectivity index (χ3v) is 6.46. The minimum atomic E-state index is 0.154. The van der Waals surface area contributed by atoms with Crippen molar-refractivity contribution in [1.29, 1.82) is 0 Å². The normalized spacial score (nSPS) is 11.2. The third-order valence-electron chi connectivity index (χ3n) is 6.46. The van der Waals surface area contributed by atoms with Gasteiger partial charge < -0.3 is 29.9 Å². The molecule has 212 valence electrons. The van der Waals surface area contributed by atoms with E-state index >= 15 is 0 Å². The highest BCUT2D eigenvalue weighted by atomic mass is 16.5. The number of nitrogens with zero attached hydrogens (tertiary/aromatic N) is 7. The lowest BCUT2D eigenvalue weighted by atomic mass is 10.2. The summed E-state index contributed by atoms with van der Waals surface area (Å²) < 4.78 is 13.3. The quantitative estimate of drug-likeness (QED) is 0.227. The maximum absolute atomic E-state index is 5.77. The van der Waals surface area contributed by atoms with E-state index < -0.39 is 0 Å². The SMILES string of the molecule is C=CCNc1cc(Nc2nccc(-c3cnc4nc(OC)n(C(C)C)c4c3)n2)c(OC)cc1N(C)CCN(C)C. The zero-order valence-corrected chi connectivity index (χ0v) is 24.4. The number of hydrogen-bond acceptors (Lipinski definition) is 10.